The van der Waals surface area contributed by atoms with E-state index in [0.717, 1.165) is 34.9 Å². The van der Waals surface area contributed by atoms with E-state index < -0.39 is 0 Å². The van der Waals surface area contributed by atoms with Gasteiger partial charge in [0.25, 0.3) is 0 Å². The normalized spacial score (nSPS) is 11.0. The summed E-state index contributed by atoms with van der Waals surface area (Å²) in [5, 5.41) is 11.7. The Morgan fingerprint density at radius 1 is 1.26 bits per heavy atom. The molecule has 0 spiro atoms. The molecular weight excluding hydrogens is 343 g/mol. The van der Waals surface area contributed by atoms with Crippen molar-refractivity contribution >= 4 is 16.6 Å². The standard InChI is InChI=1S/C21H17FN4O/c1-4-5-13-6-12(2)20(17(22)7-13)15-8-16-19(9-18(15)23-3)25-26-21(16)14-10-24-27-11-14/h6-11H,4-5H2,1-2H3,(H,25,26). The van der Waals surface area contributed by atoms with Crippen molar-refractivity contribution in [1.29, 1.82) is 0 Å². The van der Waals surface area contributed by atoms with Gasteiger partial charge >= 0.3 is 0 Å². The fourth-order valence-corrected chi connectivity index (χ4v) is 3.48. The zero-order valence-corrected chi connectivity index (χ0v) is 15.0. The van der Waals surface area contributed by atoms with E-state index in [9.17, 15) is 4.39 Å². The Morgan fingerprint density at radius 3 is 2.78 bits per heavy atom. The number of H-pyrrole nitrogens is 1. The molecule has 2 heterocycles. The number of hydrogen-bond donors (Lipinski definition) is 1. The molecule has 4 rings (SSSR count). The number of fused-ring (bicyclic) bond motifs is 1. The molecule has 0 aliphatic heterocycles. The van der Waals surface area contributed by atoms with Crippen molar-refractivity contribution in [3.63, 3.8) is 0 Å². The van der Waals surface area contributed by atoms with E-state index in [1.807, 2.05) is 19.1 Å². The number of aromatic nitrogens is 3. The van der Waals surface area contributed by atoms with Crippen LogP contribution in [-0.4, -0.2) is 15.4 Å². The Balaban J connectivity index is 1.96. The maximum atomic E-state index is 15.0. The maximum absolute atomic E-state index is 15.0. The van der Waals surface area contributed by atoms with E-state index in [1.54, 1.807) is 18.3 Å². The molecule has 4 aromatic rings. The van der Waals surface area contributed by atoms with Gasteiger partial charge in [0, 0.05) is 10.9 Å². The molecule has 1 N–H and O–H groups in total. The molecule has 0 amide bonds. The molecule has 5 nitrogen and oxygen atoms in total. The third kappa shape index (κ3) is 2.87. The summed E-state index contributed by atoms with van der Waals surface area (Å²) in [5.41, 5.74) is 5.28. The molecule has 2 aromatic heterocycles. The Kier molecular flexibility index (Phi) is 4.21. The summed E-state index contributed by atoms with van der Waals surface area (Å²) in [6, 6.07) is 7.09. The number of aromatic amines is 1. The maximum Gasteiger partial charge on any atom is 0.197 e. The molecule has 0 atom stereocenters. The molecule has 0 fully saturated rings. The molecule has 0 aliphatic carbocycles. The molecule has 2 aromatic carbocycles. The minimum absolute atomic E-state index is 0.308. The lowest BCUT2D eigenvalue weighted by Crippen LogP contribution is -1.94. The van der Waals surface area contributed by atoms with E-state index in [-0.39, 0.29) is 5.82 Å². The molecule has 134 valence electrons. The minimum atomic E-state index is -0.308. The zero-order valence-electron chi connectivity index (χ0n) is 15.0. The second-order valence-corrected chi connectivity index (χ2v) is 6.53. The van der Waals surface area contributed by atoms with Crippen molar-refractivity contribution in [2.24, 2.45) is 0 Å². The van der Waals surface area contributed by atoms with Crippen molar-refractivity contribution < 1.29 is 8.91 Å². The topological polar surface area (TPSA) is 59.1 Å². The zero-order chi connectivity index (χ0) is 19.0. The van der Waals surface area contributed by atoms with Crippen molar-refractivity contribution in [3.8, 4) is 22.4 Å². The van der Waals surface area contributed by atoms with Gasteiger partial charge in [-0.2, -0.15) is 5.10 Å². The Labute approximate surface area is 155 Å². The number of nitrogens with zero attached hydrogens (tertiary/aromatic N) is 3. The molecule has 0 saturated carbocycles. The molecule has 0 saturated heterocycles. The van der Waals surface area contributed by atoms with Crippen LogP contribution in [0.4, 0.5) is 10.1 Å². The number of aryl methyl sites for hydroxylation is 2. The molecule has 27 heavy (non-hydrogen) atoms. The van der Waals surface area contributed by atoms with Crippen molar-refractivity contribution in [2.75, 3.05) is 0 Å². The summed E-state index contributed by atoms with van der Waals surface area (Å²) in [7, 11) is 0. The molecule has 0 bridgehead atoms. The first-order chi connectivity index (χ1) is 13.1. The number of benzene rings is 2. The van der Waals surface area contributed by atoms with Crippen LogP contribution in [0, 0.1) is 19.3 Å². The van der Waals surface area contributed by atoms with Gasteiger partial charge in [0.15, 0.2) is 5.69 Å². The fourth-order valence-electron chi connectivity index (χ4n) is 3.48. The Hall–Kier alpha value is -3.46. The van der Waals surface area contributed by atoms with Gasteiger partial charge in [-0.25, -0.2) is 9.24 Å². The summed E-state index contributed by atoms with van der Waals surface area (Å²) in [5.74, 6) is -0.308. The Bertz CT molecular complexity index is 1150. The van der Waals surface area contributed by atoms with Crippen molar-refractivity contribution in [1.82, 2.24) is 15.4 Å². The van der Waals surface area contributed by atoms with E-state index in [0.29, 0.717) is 28.0 Å². The molecule has 0 aliphatic rings. The van der Waals surface area contributed by atoms with Gasteiger partial charge in [-0.05, 0) is 42.2 Å². The summed E-state index contributed by atoms with van der Waals surface area (Å²) >= 11 is 0. The first kappa shape index (κ1) is 17.0. The van der Waals surface area contributed by atoms with E-state index in [1.165, 1.54) is 6.26 Å². The third-order valence-electron chi connectivity index (χ3n) is 4.66. The second kappa shape index (κ2) is 6.69. The lowest BCUT2D eigenvalue weighted by Gasteiger charge is -2.12. The van der Waals surface area contributed by atoms with Crippen LogP contribution in [0.1, 0.15) is 24.5 Å². The first-order valence-corrected chi connectivity index (χ1v) is 8.71. The van der Waals surface area contributed by atoms with Gasteiger partial charge in [0.05, 0.1) is 23.8 Å². The third-order valence-corrected chi connectivity index (χ3v) is 4.66. The largest absolute Gasteiger partial charge is 0.364 e. The Morgan fingerprint density at radius 2 is 2.11 bits per heavy atom. The van der Waals surface area contributed by atoms with E-state index in [2.05, 4.69) is 27.1 Å². The number of rotatable bonds is 4. The summed E-state index contributed by atoms with van der Waals surface area (Å²) in [6.07, 6.45) is 4.85. The van der Waals surface area contributed by atoms with Gasteiger partial charge in [-0.3, -0.25) is 5.10 Å². The van der Waals surface area contributed by atoms with Gasteiger partial charge in [0.1, 0.15) is 17.8 Å². The van der Waals surface area contributed by atoms with Crippen molar-refractivity contribution in [2.45, 2.75) is 26.7 Å². The predicted molar refractivity (Wildman–Crippen MR) is 102 cm³/mol. The summed E-state index contributed by atoms with van der Waals surface area (Å²) < 4.78 is 19.9. The number of hydrogen-bond acceptors (Lipinski definition) is 3. The van der Waals surface area contributed by atoms with Crippen LogP contribution in [0.2, 0.25) is 0 Å². The van der Waals surface area contributed by atoms with Crippen LogP contribution >= 0.6 is 0 Å². The van der Waals surface area contributed by atoms with Gasteiger partial charge in [0.2, 0.25) is 0 Å². The van der Waals surface area contributed by atoms with Crippen LogP contribution in [0.5, 0.6) is 0 Å². The number of halogens is 1. The van der Waals surface area contributed by atoms with Crippen LogP contribution in [-0.2, 0) is 6.42 Å². The van der Waals surface area contributed by atoms with Gasteiger partial charge in [-0.1, -0.05) is 30.6 Å². The van der Waals surface area contributed by atoms with Crippen LogP contribution in [0.25, 0.3) is 38.1 Å². The van der Waals surface area contributed by atoms with E-state index in [4.69, 9.17) is 11.1 Å². The van der Waals surface area contributed by atoms with Crippen LogP contribution in [0.3, 0.4) is 0 Å². The smallest absolute Gasteiger partial charge is 0.197 e. The lowest BCUT2D eigenvalue weighted by atomic mass is 9.93. The summed E-state index contributed by atoms with van der Waals surface area (Å²) in [6.45, 7) is 11.5. The van der Waals surface area contributed by atoms with E-state index >= 15 is 0 Å². The highest BCUT2D eigenvalue weighted by Crippen LogP contribution is 2.40. The lowest BCUT2D eigenvalue weighted by molar-refractivity contribution is 0.420. The van der Waals surface area contributed by atoms with Gasteiger partial charge in [-0.15, -0.1) is 0 Å². The molecule has 6 heteroatoms. The molecule has 0 radical (unpaired) electrons. The highest BCUT2D eigenvalue weighted by atomic mass is 19.1. The first-order valence-electron chi connectivity index (χ1n) is 8.71. The second-order valence-electron chi connectivity index (χ2n) is 6.53. The highest BCUT2D eigenvalue weighted by molar-refractivity contribution is 6.00. The highest BCUT2D eigenvalue weighted by Gasteiger charge is 2.18. The van der Waals surface area contributed by atoms with Crippen LogP contribution in [0.15, 0.2) is 41.2 Å². The SMILES string of the molecule is [C-]#[N+]c1cc2[nH]nc(-c3cnoc3)c2cc1-c1c(C)cc(CCC)cc1F. The van der Waals surface area contributed by atoms with Crippen molar-refractivity contribution in [3.05, 3.63) is 65.1 Å². The average molecular weight is 360 g/mol. The summed E-state index contributed by atoms with van der Waals surface area (Å²) in [4.78, 5) is 3.61. The monoisotopic (exact) mass is 360 g/mol. The predicted octanol–water partition coefficient (Wildman–Crippen LogP) is 5.84. The quantitative estimate of drug-likeness (QED) is 0.465. The average Bonchev–Trinajstić information content (AvgIpc) is 3.29. The number of nitrogens with one attached hydrogen (secondary N) is 1. The fraction of sp³-hybridized carbons (Fsp3) is 0.190. The van der Waals surface area contributed by atoms with Crippen LogP contribution < -0.4 is 0 Å². The molecule has 0 unspecified atom stereocenters. The minimum Gasteiger partial charge on any atom is -0.364 e. The molecular formula is C21H17FN4O. The van der Waals surface area contributed by atoms with Gasteiger partial charge < -0.3 is 4.52 Å².